The zero-order valence-corrected chi connectivity index (χ0v) is 12.1. The third-order valence-corrected chi connectivity index (χ3v) is 3.57. The summed E-state index contributed by atoms with van der Waals surface area (Å²) in [5, 5.41) is 0.659. The molecule has 0 saturated heterocycles. The fourth-order valence-electron chi connectivity index (χ4n) is 2.22. The van der Waals surface area contributed by atoms with Crippen LogP contribution < -0.4 is 5.73 Å². The number of benzene rings is 1. The van der Waals surface area contributed by atoms with Crippen molar-refractivity contribution in [3.63, 3.8) is 0 Å². The number of aromatic nitrogens is 1. The number of hydrogen-bond acceptors (Lipinski definition) is 2. The molecule has 0 fully saturated rings. The summed E-state index contributed by atoms with van der Waals surface area (Å²) in [7, 11) is 0. The van der Waals surface area contributed by atoms with E-state index in [9.17, 15) is 0 Å². The van der Waals surface area contributed by atoms with Gasteiger partial charge >= 0.3 is 0 Å². The van der Waals surface area contributed by atoms with E-state index in [0.717, 1.165) is 12.0 Å². The predicted molar refractivity (Wildman–Crippen MR) is 80.5 cm³/mol. The third-order valence-electron chi connectivity index (χ3n) is 3.37. The van der Waals surface area contributed by atoms with Gasteiger partial charge in [0.2, 0.25) is 0 Å². The number of hydrogen-bond donors (Lipinski definition) is 1. The zero-order chi connectivity index (χ0) is 13.8. The molecule has 0 saturated carbocycles. The summed E-state index contributed by atoms with van der Waals surface area (Å²) in [6, 6.07) is 10.6. The lowest BCUT2D eigenvalue weighted by Crippen LogP contribution is -2.26. The fraction of sp³-hybridized carbons (Fsp3) is 0.312. The van der Waals surface area contributed by atoms with Crippen molar-refractivity contribution in [2.24, 2.45) is 5.73 Å². The first-order chi connectivity index (χ1) is 9.06. The van der Waals surface area contributed by atoms with E-state index in [1.807, 2.05) is 19.2 Å². The second-order valence-corrected chi connectivity index (χ2v) is 5.53. The first-order valence-corrected chi connectivity index (χ1v) is 6.85. The number of pyridine rings is 1. The molecule has 0 spiro atoms. The van der Waals surface area contributed by atoms with Crippen molar-refractivity contribution in [3.8, 4) is 0 Å². The highest BCUT2D eigenvalue weighted by Crippen LogP contribution is 2.25. The Morgan fingerprint density at radius 3 is 2.47 bits per heavy atom. The highest BCUT2D eigenvalue weighted by molar-refractivity contribution is 6.30. The summed E-state index contributed by atoms with van der Waals surface area (Å²) in [6.45, 7) is 4.12. The van der Waals surface area contributed by atoms with Crippen LogP contribution in [0.25, 0.3) is 0 Å². The van der Waals surface area contributed by atoms with Crippen LogP contribution in [0.2, 0.25) is 5.02 Å². The lowest BCUT2D eigenvalue weighted by Gasteiger charge is -2.21. The van der Waals surface area contributed by atoms with Crippen molar-refractivity contribution in [1.82, 2.24) is 4.98 Å². The van der Waals surface area contributed by atoms with E-state index in [0.29, 0.717) is 5.02 Å². The molecule has 0 aliphatic heterocycles. The van der Waals surface area contributed by atoms with Crippen molar-refractivity contribution in [2.45, 2.75) is 32.2 Å². The number of aryl methyl sites for hydroxylation is 1. The molecular weight excluding hydrogens is 256 g/mol. The first-order valence-electron chi connectivity index (χ1n) is 6.48. The second-order valence-electron chi connectivity index (χ2n) is 5.09. The Morgan fingerprint density at radius 1 is 1.21 bits per heavy atom. The molecule has 2 atom stereocenters. The Bertz CT molecular complexity index is 535. The van der Waals surface area contributed by atoms with Crippen LogP contribution in [-0.2, 0) is 6.42 Å². The van der Waals surface area contributed by atoms with Crippen LogP contribution in [0.1, 0.15) is 29.5 Å². The highest BCUT2D eigenvalue weighted by atomic mass is 35.5. The molecule has 3 heteroatoms. The van der Waals surface area contributed by atoms with Crippen molar-refractivity contribution >= 4 is 11.6 Å². The Labute approximate surface area is 119 Å². The Balaban J connectivity index is 2.23. The maximum absolute atomic E-state index is 6.13. The van der Waals surface area contributed by atoms with Crippen LogP contribution in [0.5, 0.6) is 0 Å². The average Bonchev–Trinajstić information content (AvgIpc) is 2.37. The van der Waals surface area contributed by atoms with Gasteiger partial charge in [0, 0.05) is 24.4 Å². The Kier molecular flexibility index (Phi) is 4.56. The topological polar surface area (TPSA) is 38.9 Å². The van der Waals surface area contributed by atoms with Crippen molar-refractivity contribution in [1.29, 1.82) is 0 Å². The van der Waals surface area contributed by atoms with Gasteiger partial charge in [0.15, 0.2) is 0 Å². The van der Waals surface area contributed by atoms with Gasteiger partial charge in [-0.05, 0) is 37.5 Å². The normalized spacial score (nSPS) is 14.1. The van der Waals surface area contributed by atoms with E-state index >= 15 is 0 Å². The van der Waals surface area contributed by atoms with E-state index < -0.39 is 0 Å². The molecule has 1 heterocycles. The monoisotopic (exact) mass is 274 g/mol. The van der Waals surface area contributed by atoms with Crippen LogP contribution >= 0.6 is 11.6 Å². The van der Waals surface area contributed by atoms with E-state index in [-0.39, 0.29) is 12.0 Å². The summed E-state index contributed by atoms with van der Waals surface area (Å²) in [4.78, 5) is 4.16. The summed E-state index contributed by atoms with van der Waals surface area (Å²) in [5.41, 5.74) is 9.78. The standard InChI is InChI=1S/C16H19ClN2/c1-11-3-5-13(6-4-11)7-16(12(2)18)14-8-15(17)10-19-9-14/h3-6,8-10,12,16H,7,18H2,1-2H3. The van der Waals surface area contributed by atoms with Crippen molar-refractivity contribution < 1.29 is 0 Å². The molecule has 19 heavy (non-hydrogen) atoms. The van der Waals surface area contributed by atoms with Crippen molar-refractivity contribution in [2.75, 3.05) is 0 Å². The molecule has 0 radical (unpaired) electrons. The van der Waals surface area contributed by atoms with Gasteiger partial charge in [-0.1, -0.05) is 41.4 Å². The van der Waals surface area contributed by atoms with Crippen LogP contribution in [-0.4, -0.2) is 11.0 Å². The van der Waals surface area contributed by atoms with Gasteiger partial charge in [0.25, 0.3) is 0 Å². The minimum absolute atomic E-state index is 0.0570. The van der Waals surface area contributed by atoms with Crippen molar-refractivity contribution in [3.05, 3.63) is 64.4 Å². The van der Waals surface area contributed by atoms with Crippen LogP contribution in [0, 0.1) is 6.92 Å². The van der Waals surface area contributed by atoms with Crippen LogP contribution in [0.15, 0.2) is 42.7 Å². The number of halogens is 1. The molecule has 100 valence electrons. The molecule has 1 aromatic heterocycles. The molecule has 0 amide bonds. The van der Waals surface area contributed by atoms with E-state index in [1.165, 1.54) is 11.1 Å². The lowest BCUT2D eigenvalue weighted by atomic mass is 9.88. The smallest absolute Gasteiger partial charge is 0.0592 e. The largest absolute Gasteiger partial charge is 0.327 e. The van der Waals surface area contributed by atoms with E-state index in [2.05, 4.69) is 36.2 Å². The van der Waals surface area contributed by atoms with Crippen LogP contribution in [0.4, 0.5) is 0 Å². The molecular formula is C16H19ClN2. The van der Waals surface area contributed by atoms with E-state index in [4.69, 9.17) is 17.3 Å². The molecule has 0 aliphatic carbocycles. The third kappa shape index (κ3) is 3.79. The molecule has 2 nitrogen and oxygen atoms in total. The molecule has 0 aliphatic rings. The molecule has 0 bridgehead atoms. The predicted octanol–water partition coefficient (Wildman–Crippen LogP) is 3.72. The van der Waals surface area contributed by atoms with Crippen LogP contribution in [0.3, 0.4) is 0 Å². The molecule has 1 aromatic carbocycles. The summed E-state index contributed by atoms with van der Waals surface area (Å²) >= 11 is 6.01. The Morgan fingerprint density at radius 2 is 1.89 bits per heavy atom. The van der Waals surface area contributed by atoms with Gasteiger partial charge in [0.1, 0.15) is 0 Å². The maximum atomic E-state index is 6.13. The van der Waals surface area contributed by atoms with E-state index in [1.54, 1.807) is 6.20 Å². The minimum Gasteiger partial charge on any atom is -0.327 e. The second kappa shape index (κ2) is 6.18. The SMILES string of the molecule is Cc1ccc(CC(c2cncc(Cl)c2)C(C)N)cc1. The van der Waals surface area contributed by atoms with Gasteiger partial charge in [-0.25, -0.2) is 0 Å². The Hall–Kier alpha value is -1.38. The average molecular weight is 275 g/mol. The lowest BCUT2D eigenvalue weighted by molar-refractivity contribution is 0.563. The fourth-order valence-corrected chi connectivity index (χ4v) is 2.40. The molecule has 2 rings (SSSR count). The molecule has 2 unspecified atom stereocenters. The zero-order valence-electron chi connectivity index (χ0n) is 11.3. The van der Waals surface area contributed by atoms with Gasteiger partial charge < -0.3 is 5.73 Å². The summed E-state index contributed by atoms with van der Waals surface area (Å²) in [6.07, 6.45) is 4.41. The maximum Gasteiger partial charge on any atom is 0.0592 e. The molecule has 2 aromatic rings. The van der Waals surface area contributed by atoms with Gasteiger partial charge in [-0.3, -0.25) is 4.98 Å². The van der Waals surface area contributed by atoms with Gasteiger partial charge in [-0.15, -0.1) is 0 Å². The summed E-state index contributed by atoms with van der Waals surface area (Å²) in [5.74, 6) is 0.230. The summed E-state index contributed by atoms with van der Waals surface area (Å²) < 4.78 is 0. The number of nitrogens with zero attached hydrogens (tertiary/aromatic N) is 1. The quantitative estimate of drug-likeness (QED) is 0.923. The van der Waals surface area contributed by atoms with Gasteiger partial charge in [0.05, 0.1) is 5.02 Å². The highest BCUT2D eigenvalue weighted by Gasteiger charge is 2.17. The minimum atomic E-state index is 0.0570. The molecule has 2 N–H and O–H groups in total. The number of nitrogens with two attached hydrogens (primary N) is 1. The van der Waals surface area contributed by atoms with Gasteiger partial charge in [-0.2, -0.15) is 0 Å². The number of rotatable bonds is 4. The first kappa shape index (κ1) is 14.0.